The molecule has 0 aliphatic carbocycles. The van der Waals surface area contributed by atoms with Gasteiger partial charge < -0.3 is 19.5 Å². The predicted octanol–water partition coefficient (Wildman–Crippen LogP) is 3.97. The molecule has 6 nitrogen and oxygen atoms in total. The van der Waals surface area contributed by atoms with Crippen LogP contribution in [0.1, 0.15) is 43.1 Å². The topological polar surface area (TPSA) is 76.1 Å². The Kier molecular flexibility index (Phi) is 15.4. The summed E-state index contributed by atoms with van der Waals surface area (Å²) in [4.78, 5) is 25.5. The number of carbonyl (C=O) groups excluding carboxylic acids is 2. The number of aliphatic hydroxyl groups is 1. The highest BCUT2D eigenvalue weighted by atomic mass is 16.5. The molecule has 0 aliphatic heterocycles. The third-order valence-corrected chi connectivity index (χ3v) is 3.90. The lowest BCUT2D eigenvalue weighted by atomic mass is 10.1. The molecule has 0 unspecified atom stereocenters. The van der Waals surface area contributed by atoms with Gasteiger partial charge in [-0.25, -0.2) is 4.79 Å². The highest BCUT2D eigenvalue weighted by Gasteiger charge is 2.09. The van der Waals surface area contributed by atoms with Crippen molar-refractivity contribution in [2.75, 3.05) is 33.9 Å². The number of rotatable bonds is 9. The average Bonchev–Trinajstić information content (AvgIpc) is 2.80. The summed E-state index contributed by atoms with van der Waals surface area (Å²) in [6.45, 7) is 7.26. The zero-order valence-corrected chi connectivity index (χ0v) is 18.8. The van der Waals surface area contributed by atoms with E-state index in [1.165, 1.54) is 0 Å². The van der Waals surface area contributed by atoms with Crippen molar-refractivity contribution in [2.24, 2.45) is 0 Å². The molecule has 0 saturated carbocycles. The average molecular weight is 418 g/mol. The van der Waals surface area contributed by atoms with Gasteiger partial charge in [-0.15, -0.1) is 0 Å². The van der Waals surface area contributed by atoms with Crippen LogP contribution in [0, 0.1) is 0 Å². The van der Waals surface area contributed by atoms with Crippen molar-refractivity contribution < 1.29 is 24.2 Å². The Labute approximate surface area is 180 Å². The normalized spacial score (nSPS) is 9.27. The summed E-state index contributed by atoms with van der Waals surface area (Å²) in [6.07, 6.45) is 1.14. The monoisotopic (exact) mass is 417 g/mol. The minimum Gasteiger partial charge on any atom is -0.494 e. The Balaban J connectivity index is 0.00000198. The number of amides is 1. The molecule has 0 saturated heterocycles. The molecule has 2 aromatic rings. The summed E-state index contributed by atoms with van der Waals surface area (Å²) < 4.78 is 10.6. The third-order valence-electron chi connectivity index (χ3n) is 3.90. The number of benzene rings is 2. The first-order chi connectivity index (χ1) is 14.6. The summed E-state index contributed by atoms with van der Waals surface area (Å²) in [6, 6.07) is 16.6. The molecule has 6 heteroatoms. The van der Waals surface area contributed by atoms with E-state index >= 15 is 0 Å². The van der Waals surface area contributed by atoms with Gasteiger partial charge in [0.2, 0.25) is 5.91 Å². The molecule has 0 heterocycles. The van der Waals surface area contributed by atoms with Gasteiger partial charge in [0.1, 0.15) is 5.75 Å². The number of hydrogen-bond donors (Lipinski definition) is 1. The molecule has 0 aliphatic rings. The zero-order valence-electron chi connectivity index (χ0n) is 18.8. The maximum Gasteiger partial charge on any atom is 0.338 e. The molecule has 0 spiro atoms. The van der Waals surface area contributed by atoms with Crippen molar-refractivity contribution in [1.29, 1.82) is 0 Å². The lowest BCUT2D eigenvalue weighted by Gasteiger charge is -2.17. The molecule has 0 radical (unpaired) electrons. The molecule has 166 valence electrons. The molecule has 1 N–H and O–H groups in total. The van der Waals surface area contributed by atoms with Crippen molar-refractivity contribution in [2.45, 2.75) is 33.6 Å². The van der Waals surface area contributed by atoms with E-state index in [4.69, 9.17) is 14.6 Å². The van der Waals surface area contributed by atoms with Crippen LogP contribution in [0.5, 0.6) is 5.75 Å². The van der Waals surface area contributed by atoms with E-state index in [9.17, 15) is 9.59 Å². The Morgan fingerprint density at radius 3 is 2.13 bits per heavy atom. The summed E-state index contributed by atoms with van der Waals surface area (Å²) in [5.41, 5.74) is 1.52. The molecule has 1 amide bonds. The maximum absolute atomic E-state index is 12.2. The largest absolute Gasteiger partial charge is 0.494 e. The number of aliphatic hydroxyl groups excluding tert-OH is 1. The van der Waals surface area contributed by atoms with Crippen LogP contribution in [0.15, 0.2) is 54.6 Å². The molecule has 0 fully saturated rings. The summed E-state index contributed by atoms with van der Waals surface area (Å²) in [5, 5.41) is 7.00. The Hall–Kier alpha value is -2.86. The molecular formula is C24H35NO5. The maximum atomic E-state index is 12.2. The van der Waals surface area contributed by atoms with E-state index in [1.54, 1.807) is 43.1 Å². The van der Waals surface area contributed by atoms with Gasteiger partial charge in [-0.3, -0.25) is 4.79 Å². The van der Waals surface area contributed by atoms with Crippen LogP contribution in [0.4, 0.5) is 0 Å². The van der Waals surface area contributed by atoms with Crippen LogP contribution in [0.25, 0.3) is 0 Å². The molecule has 0 aromatic heterocycles. The van der Waals surface area contributed by atoms with Crippen LogP contribution in [-0.4, -0.2) is 55.8 Å². The van der Waals surface area contributed by atoms with Crippen LogP contribution < -0.4 is 4.74 Å². The van der Waals surface area contributed by atoms with Crippen LogP contribution in [0.2, 0.25) is 0 Å². The van der Waals surface area contributed by atoms with Gasteiger partial charge in [-0.1, -0.05) is 44.2 Å². The first kappa shape index (κ1) is 27.1. The summed E-state index contributed by atoms with van der Waals surface area (Å²) in [7, 11) is 2.80. The van der Waals surface area contributed by atoms with E-state index in [0.29, 0.717) is 37.5 Å². The van der Waals surface area contributed by atoms with Gasteiger partial charge in [0, 0.05) is 20.7 Å². The Bertz CT molecular complexity index is 701. The molecule has 30 heavy (non-hydrogen) atoms. The van der Waals surface area contributed by atoms with Gasteiger partial charge in [0.15, 0.2) is 0 Å². The third kappa shape index (κ3) is 10.6. The Morgan fingerprint density at radius 1 is 0.967 bits per heavy atom. The number of hydrogen-bond acceptors (Lipinski definition) is 5. The fourth-order valence-electron chi connectivity index (χ4n) is 2.42. The SMILES string of the molecule is CC.CCOC(=O)c1ccc(OCCCN(C)C(=O)Cc2ccccc2)cc1.CO. The first-order valence-electron chi connectivity index (χ1n) is 10.2. The van der Waals surface area contributed by atoms with Gasteiger partial charge in [0.25, 0.3) is 0 Å². The van der Waals surface area contributed by atoms with Gasteiger partial charge in [-0.2, -0.15) is 0 Å². The van der Waals surface area contributed by atoms with Gasteiger partial charge in [-0.05, 0) is 43.2 Å². The quantitative estimate of drug-likeness (QED) is 0.494. The lowest BCUT2D eigenvalue weighted by Crippen LogP contribution is -2.30. The van der Waals surface area contributed by atoms with E-state index in [-0.39, 0.29) is 11.9 Å². The lowest BCUT2D eigenvalue weighted by molar-refractivity contribution is -0.129. The molecule has 0 atom stereocenters. The van der Waals surface area contributed by atoms with Crippen LogP contribution in [0.3, 0.4) is 0 Å². The van der Waals surface area contributed by atoms with Crippen molar-refractivity contribution in [3.05, 3.63) is 65.7 Å². The van der Waals surface area contributed by atoms with E-state index in [1.807, 2.05) is 44.2 Å². The first-order valence-corrected chi connectivity index (χ1v) is 10.2. The summed E-state index contributed by atoms with van der Waals surface area (Å²) >= 11 is 0. The van der Waals surface area contributed by atoms with Gasteiger partial charge in [0.05, 0.1) is 25.2 Å². The van der Waals surface area contributed by atoms with E-state index < -0.39 is 0 Å². The van der Waals surface area contributed by atoms with Crippen molar-refractivity contribution in [3.63, 3.8) is 0 Å². The highest BCUT2D eigenvalue weighted by molar-refractivity contribution is 5.89. The van der Waals surface area contributed by atoms with E-state index in [2.05, 4.69) is 0 Å². The molecule has 2 rings (SSSR count). The molecule has 0 bridgehead atoms. The fourth-order valence-corrected chi connectivity index (χ4v) is 2.42. The minimum absolute atomic E-state index is 0.0926. The Morgan fingerprint density at radius 2 is 1.57 bits per heavy atom. The second kappa shape index (κ2) is 17.0. The molecule has 2 aromatic carbocycles. The number of likely N-dealkylation sites (N-methyl/N-ethyl adjacent to an activating group) is 1. The smallest absolute Gasteiger partial charge is 0.338 e. The highest BCUT2D eigenvalue weighted by Crippen LogP contribution is 2.13. The number of ether oxygens (including phenoxy) is 2. The fraction of sp³-hybridized carbons (Fsp3) is 0.417. The zero-order chi connectivity index (χ0) is 22.8. The van der Waals surface area contributed by atoms with Crippen molar-refractivity contribution in [3.8, 4) is 5.75 Å². The second-order valence-corrected chi connectivity index (χ2v) is 5.92. The second-order valence-electron chi connectivity index (χ2n) is 5.92. The number of nitrogens with zero attached hydrogens (tertiary/aromatic N) is 1. The van der Waals surface area contributed by atoms with Gasteiger partial charge >= 0.3 is 5.97 Å². The standard InChI is InChI=1S/C21H25NO4.C2H6.CH4O/c1-3-25-21(24)18-10-12-19(13-11-18)26-15-7-14-22(2)20(23)16-17-8-5-4-6-9-17;2*1-2/h4-6,8-13H,3,7,14-16H2,1-2H3;1-2H3;2H,1H3. The number of esters is 1. The summed E-state index contributed by atoms with van der Waals surface area (Å²) in [5.74, 6) is 0.448. The number of carbonyl (C=O) groups is 2. The predicted molar refractivity (Wildman–Crippen MR) is 120 cm³/mol. The van der Waals surface area contributed by atoms with Crippen molar-refractivity contribution in [1.82, 2.24) is 4.90 Å². The minimum atomic E-state index is -0.336. The van der Waals surface area contributed by atoms with Crippen molar-refractivity contribution >= 4 is 11.9 Å². The van der Waals surface area contributed by atoms with E-state index in [0.717, 1.165) is 19.1 Å². The molecular weight excluding hydrogens is 382 g/mol. The van der Waals surface area contributed by atoms with Crippen LogP contribution in [-0.2, 0) is 16.0 Å². The van der Waals surface area contributed by atoms with Crippen LogP contribution >= 0.6 is 0 Å².